The fraction of sp³-hybridized carbons (Fsp3) is 0.500. The first kappa shape index (κ1) is 14.5. The van der Waals surface area contributed by atoms with Crippen LogP contribution in [0.15, 0.2) is 24.3 Å². The molecule has 0 fully saturated rings. The van der Waals surface area contributed by atoms with Crippen LogP contribution in [0.4, 0.5) is 4.39 Å². The topological polar surface area (TPSA) is 38.3 Å². The number of amides is 1. The first-order valence-electron chi connectivity index (χ1n) is 6.22. The Morgan fingerprint density at radius 2 is 1.94 bits per heavy atom. The van der Waals surface area contributed by atoms with E-state index in [4.69, 9.17) is 4.74 Å². The van der Waals surface area contributed by atoms with E-state index in [0.29, 0.717) is 24.6 Å². The molecule has 0 spiro atoms. The molecule has 1 amide bonds. The van der Waals surface area contributed by atoms with E-state index in [2.05, 4.69) is 5.32 Å². The van der Waals surface area contributed by atoms with Crippen LogP contribution in [0, 0.1) is 11.7 Å². The number of halogens is 1. The van der Waals surface area contributed by atoms with E-state index in [-0.39, 0.29) is 11.7 Å². The first-order chi connectivity index (χ1) is 8.52. The van der Waals surface area contributed by atoms with Crippen molar-refractivity contribution in [1.29, 1.82) is 0 Å². The van der Waals surface area contributed by atoms with Crippen molar-refractivity contribution in [1.82, 2.24) is 5.32 Å². The van der Waals surface area contributed by atoms with Crippen molar-refractivity contribution in [2.45, 2.75) is 33.3 Å². The van der Waals surface area contributed by atoms with Gasteiger partial charge in [0, 0.05) is 6.54 Å². The second kappa shape index (κ2) is 6.99. The van der Waals surface area contributed by atoms with Crippen LogP contribution in [0.3, 0.4) is 0 Å². The van der Waals surface area contributed by atoms with Gasteiger partial charge in [0.05, 0.1) is 0 Å². The summed E-state index contributed by atoms with van der Waals surface area (Å²) in [6.07, 6.45) is 0.0376. The van der Waals surface area contributed by atoms with Crippen LogP contribution in [0.25, 0.3) is 0 Å². The monoisotopic (exact) mass is 253 g/mol. The second-order valence-electron chi connectivity index (χ2n) is 4.61. The molecule has 1 atom stereocenters. The molecule has 0 radical (unpaired) electrons. The van der Waals surface area contributed by atoms with E-state index in [0.717, 1.165) is 0 Å². The predicted octanol–water partition coefficient (Wildman–Crippen LogP) is 2.76. The van der Waals surface area contributed by atoms with Gasteiger partial charge in [-0.2, -0.15) is 0 Å². The predicted molar refractivity (Wildman–Crippen MR) is 69.0 cm³/mol. The van der Waals surface area contributed by atoms with E-state index >= 15 is 0 Å². The minimum atomic E-state index is -0.533. The maximum Gasteiger partial charge on any atom is 0.261 e. The smallest absolute Gasteiger partial charge is 0.261 e. The second-order valence-corrected chi connectivity index (χ2v) is 4.61. The van der Waals surface area contributed by atoms with Crippen molar-refractivity contribution < 1.29 is 13.9 Å². The third-order valence-corrected chi connectivity index (χ3v) is 2.44. The minimum absolute atomic E-state index is 0.129. The zero-order valence-corrected chi connectivity index (χ0v) is 11.1. The van der Waals surface area contributed by atoms with E-state index in [9.17, 15) is 9.18 Å². The summed E-state index contributed by atoms with van der Waals surface area (Å²) in [5, 5.41) is 2.83. The summed E-state index contributed by atoms with van der Waals surface area (Å²) < 4.78 is 18.3. The fourth-order valence-electron chi connectivity index (χ4n) is 1.42. The average molecular weight is 253 g/mol. The van der Waals surface area contributed by atoms with Gasteiger partial charge in [0.1, 0.15) is 11.6 Å². The van der Waals surface area contributed by atoms with Crippen molar-refractivity contribution in [3.05, 3.63) is 30.1 Å². The first-order valence-corrected chi connectivity index (χ1v) is 6.22. The molecule has 4 heteroatoms. The van der Waals surface area contributed by atoms with E-state index in [1.165, 1.54) is 24.3 Å². The maximum atomic E-state index is 12.7. The van der Waals surface area contributed by atoms with Gasteiger partial charge in [-0.1, -0.05) is 20.8 Å². The number of benzene rings is 1. The maximum absolute atomic E-state index is 12.7. The van der Waals surface area contributed by atoms with Crippen LogP contribution in [0.2, 0.25) is 0 Å². The highest BCUT2D eigenvalue weighted by Crippen LogP contribution is 2.14. The third kappa shape index (κ3) is 4.73. The molecule has 0 bridgehead atoms. The molecule has 3 nitrogen and oxygen atoms in total. The van der Waals surface area contributed by atoms with Gasteiger partial charge in [0.25, 0.3) is 5.91 Å². The lowest BCUT2D eigenvalue weighted by atomic mass is 10.2. The average Bonchev–Trinajstić information content (AvgIpc) is 2.35. The fourth-order valence-corrected chi connectivity index (χ4v) is 1.42. The Labute approximate surface area is 107 Å². The molecule has 0 heterocycles. The molecule has 0 aliphatic heterocycles. The zero-order valence-electron chi connectivity index (χ0n) is 11.1. The lowest BCUT2D eigenvalue weighted by Gasteiger charge is -2.18. The molecule has 0 saturated carbocycles. The number of nitrogens with one attached hydrogen (secondary N) is 1. The molecule has 0 aromatic heterocycles. The number of ether oxygens (including phenoxy) is 1. The van der Waals surface area contributed by atoms with Gasteiger partial charge in [0.15, 0.2) is 6.10 Å². The summed E-state index contributed by atoms with van der Waals surface area (Å²) in [6, 6.07) is 5.67. The highest BCUT2D eigenvalue weighted by Gasteiger charge is 2.18. The largest absolute Gasteiger partial charge is 0.481 e. The quantitative estimate of drug-likeness (QED) is 0.846. The zero-order chi connectivity index (χ0) is 13.5. The number of rotatable bonds is 6. The molecule has 1 aromatic carbocycles. The Morgan fingerprint density at radius 3 is 2.44 bits per heavy atom. The molecule has 0 saturated heterocycles. The summed E-state index contributed by atoms with van der Waals surface area (Å²) in [4.78, 5) is 11.8. The summed E-state index contributed by atoms with van der Waals surface area (Å²) in [7, 11) is 0. The van der Waals surface area contributed by atoms with Crippen LogP contribution in [0.5, 0.6) is 5.75 Å². The van der Waals surface area contributed by atoms with Crippen LogP contribution in [0.1, 0.15) is 27.2 Å². The number of carbonyl (C=O) groups is 1. The Hall–Kier alpha value is -1.58. The lowest BCUT2D eigenvalue weighted by molar-refractivity contribution is -0.128. The molecule has 0 aliphatic rings. The highest BCUT2D eigenvalue weighted by molar-refractivity contribution is 5.81. The molecule has 1 N–H and O–H groups in total. The van der Waals surface area contributed by atoms with Crippen LogP contribution < -0.4 is 10.1 Å². The molecular weight excluding hydrogens is 233 g/mol. The molecule has 1 aromatic rings. The molecule has 1 unspecified atom stereocenters. The van der Waals surface area contributed by atoms with Crippen LogP contribution in [-0.4, -0.2) is 18.6 Å². The van der Waals surface area contributed by atoms with Crippen molar-refractivity contribution in [2.75, 3.05) is 6.54 Å². The number of hydrogen-bond acceptors (Lipinski definition) is 2. The Bertz CT molecular complexity index is 376. The van der Waals surface area contributed by atoms with Crippen molar-refractivity contribution in [2.24, 2.45) is 5.92 Å². The summed E-state index contributed by atoms with van der Waals surface area (Å²) >= 11 is 0. The van der Waals surface area contributed by atoms with E-state index < -0.39 is 6.10 Å². The van der Waals surface area contributed by atoms with E-state index in [1.807, 2.05) is 20.8 Å². The highest BCUT2D eigenvalue weighted by atomic mass is 19.1. The standard InChI is InChI=1S/C14H20FNO2/c1-4-13(14(17)16-9-10(2)3)18-12-7-5-11(15)6-8-12/h5-8,10,13H,4,9H2,1-3H3,(H,16,17). The van der Waals surface area contributed by atoms with Crippen molar-refractivity contribution in [3.63, 3.8) is 0 Å². The SMILES string of the molecule is CCC(Oc1ccc(F)cc1)C(=O)NCC(C)C. The molecule has 1 rings (SSSR count). The summed E-state index contributed by atoms with van der Waals surface area (Å²) in [5.41, 5.74) is 0. The number of carbonyl (C=O) groups excluding carboxylic acids is 1. The Kier molecular flexibility index (Phi) is 5.62. The number of hydrogen-bond donors (Lipinski definition) is 1. The molecule has 18 heavy (non-hydrogen) atoms. The molecule has 0 aliphatic carbocycles. The van der Waals surface area contributed by atoms with Crippen molar-refractivity contribution in [3.8, 4) is 5.75 Å². The van der Waals surface area contributed by atoms with Gasteiger partial charge >= 0.3 is 0 Å². The van der Waals surface area contributed by atoms with Crippen molar-refractivity contribution >= 4 is 5.91 Å². The Morgan fingerprint density at radius 1 is 1.33 bits per heavy atom. The van der Waals surface area contributed by atoms with Gasteiger partial charge in [0.2, 0.25) is 0 Å². The summed E-state index contributed by atoms with van der Waals surface area (Å²) in [5.74, 6) is 0.454. The van der Waals surface area contributed by atoms with Gasteiger partial charge in [-0.25, -0.2) is 4.39 Å². The normalized spacial score (nSPS) is 12.3. The third-order valence-electron chi connectivity index (χ3n) is 2.44. The van der Waals surface area contributed by atoms with E-state index in [1.54, 1.807) is 0 Å². The van der Waals surface area contributed by atoms with Gasteiger partial charge in [-0.3, -0.25) is 4.79 Å². The van der Waals surface area contributed by atoms with Gasteiger partial charge < -0.3 is 10.1 Å². The summed E-state index contributed by atoms with van der Waals surface area (Å²) in [6.45, 7) is 6.56. The van der Waals surface area contributed by atoms with Crippen LogP contribution >= 0.6 is 0 Å². The van der Waals surface area contributed by atoms with Gasteiger partial charge in [-0.05, 0) is 36.6 Å². The molecular formula is C14H20FNO2. The lowest BCUT2D eigenvalue weighted by Crippen LogP contribution is -2.39. The van der Waals surface area contributed by atoms with Crippen LogP contribution in [-0.2, 0) is 4.79 Å². The molecule has 100 valence electrons. The Balaban J connectivity index is 2.55. The minimum Gasteiger partial charge on any atom is -0.481 e. The van der Waals surface area contributed by atoms with Gasteiger partial charge in [-0.15, -0.1) is 0 Å².